The predicted octanol–water partition coefficient (Wildman–Crippen LogP) is 8.72. The second-order valence-electron chi connectivity index (χ2n) is 13.2. The van der Waals surface area contributed by atoms with Crippen LogP contribution in [0.4, 0.5) is 34.1 Å². The average molecular weight is 824 g/mol. The van der Waals surface area contributed by atoms with Gasteiger partial charge in [0, 0.05) is 35.1 Å². The number of benzene rings is 5. The van der Waals surface area contributed by atoms with Crippen molar-refractivity contribution in [3.63, 3.8) is 0 Å². The summed E-state index contributed by atoms with van der Waals surface area (Å²) in [7, 11) is 0. The summed E-state index contributed by atoms with van der Waals surface area (Å²) in [6.45, 7) is 8.33. The standard InChI is InChI=1S/C44H33BN4.Pt/c1-28-22-30(3)43(46-26-28)32-18-20-38-36(24-32)45-37-25-33(44-31(4)23-29(2)27-47-44)19-21-39(37)49(35-14-9-6-10-15-35)41-17-11-16-40(42(41)45)48(38)34-12-7-5-8-13-34;/h5-23,26-27H,1-4H3;/q-2;+2. The third-order valence-corrected chi connectivity index (χ3v) is 9.77. The molecule has 6 heteroatoms. The summed E-state index contributed by atoms with van der Waals surface area (Å²) in [5.41, 5.74) is 18.7. The molecular weight excluding hydrogens is 790 g/mol. The van der Waals surface area contributed by atoms with Crippen LogP contribution in [0.1, 0.15) is 22.3 Å². The molecule has 0 atom stereocenters. The maximum absolute atomic E-state index is 4.90. The van der Waals surface area contributed by atoms with Crippen molar-refractivity contribution in [1.82, 2.24) is 9.97 Å². The molecule has 5 aromatic carbocycles. The Kier molecular flexibility index (Phi) is 8.04. The van der Waals surface area contributed by atoms with E-state index >= 15 is 0 Å². The number of fused-ring (bicyclic) bond motifs is 4. The minimum absolute atomic E-state index is 0. The van der Waals surface area contributed by atoms with Gasteiger partial charge in [-0.05, 0) is 103 Å². The minimum atomic E-state index is -0.118. The first-order valence-corrected chi connectivity index (χ1v) is 16.8. The van der Waals surface area contributed by atoms with Gasteiger partial charge in [0.1, 0.15) is 0 Å². The minimum Gasteiger partial charge on any atom is -0.353 e. The van der Waals surface area contributed by atoms with E-state index in [1.807, 2.05) is 12.4 Å². The summed E-state index contributed by atoms with van der Waals surface area (Å²) >= 11 is 0. The van der Waals surface area contributed by atoms with Crippen LogP contribution < -0.4 is 26.2 Å². The number of anilines is 6. The van der Waals surface area contributed by atoms with Crippen LogP contribution in [-0.4, -0.2) is 16.7 Å². The molecule has 50 heavy (non-hydrogen) atoms. The Morgan fingerprint density at radius 1 is 0.500 bits per heavy atom. The molecule has 0 amide bonds. The van der Waals surface area contributed by atoms with E-state index in [4.69, 9.17) is 9.97 Å². The normalized spacial score (nSPS) is 12.5. The Balaban J connectivity index is 0.00000361. The fourth-order valence-electron chi connectivity index (χ4n) is 7.74. The van der Waals surface area contributed by atoms with Crippen LogP contribution in [0, 0.1) is 39.8 Å². The van der Waals surface area contributed by atoms with Crippen molar-refractivity contribution in [3.05, 3.63) is 162 Å². The number of aromatic nitrogens is 2. The van der Waals surface area contributed by atoms with E-state index in [9.17, 15) is 0 Å². The SMILES string of the molecule is Cc1cnc(-c2[c-]c3c(cc2)N(c2ccccc2)c2cccc4c2B3c2[c-]c(-c3ncc(C)cc3C)ccc2N4c2ccccc2)c(C)c1.[Pt+2]. The number of aryl methyl sites for hydroxylation is 4. The predicted molar refractivity (Wildman–Crippen MR) is 204 cm³/mol. The van der Waals surface area contributed by atoms with Crippen molar-refractivity contribution in [2.75, 3.05) is 9.80 Å². The van der Waals surface area contributed by atoms with E-state index in [0.717, 1.165) is 89.8 Å². The van der Waals surface area contributed by atoms with Crippen LogP contribution >= 0.6 is 0 Å². The molecule has 0 fully saturated rings. The van der Waals surface area contributed by atoms with Crippen molar-refractivity contribution in [1.29, 1.82) is 0 Å². The molecule has 0 N–H and O–H groups in total. The van der Waals surface area contributed by atoms with Gasteiger partial charge in [0.15, 0.2) is 0 Å². The molecule has 4 heterocycles. The van der Waals surface area contributed by atoms with Crippen molar-refractivity contribution in [3.8, 4) is 22.5 Å². The van der Waals surface area contributed by atoms with Crippen LogP contribution in [0.15, 0.2) is 128 Å². The van der Waals surface area contributed by atoms with E-state index in [1.165, 1.54) is 5.46 Å². The largest absolute Gasteiger partial charge is 2.00 e. The van der Waals surface area contributed by atoms with Gasteiger partial charge in [0.25, 0.3) is 0 Å². The van der Waals surface area contributed by atoms with Crippen LogP contribution in [0.5, 0.6) is 0 Å². The topological polar surface area (TPSA) is 32.3 Å². The second-order valence-corrected chi connectivity index (χ2v) is 13.2. The van der Waals surface area contributed by atoms with Gasteiger partial charge in [-0.1, -0.05) is 65.7 Å². The fraction of sp³-hybridized carbons (Fsp3) is 0.0909. The number of rotatable bonds is 4. The van der Waals surface area contributed by atoms with Gasteiger partial charge in [-0.15, -0.1) is 58.5 Å². The summed E-state index contributed by atoms with van der Waals surface area (Å²) in [6, 6.07) is 49.2. The molecule has 2 aliphatic heterocycles. The molecule has 9 rings (SSSR count). The Morgan fingerprint density at radius 2 is 0.940 bits per heavy atom. The number of hydrogen-bond acceptors (Lipinski definition) is 4. The van der Waals surface area contributed by atoms with Crippen LogP contribution in [0.2, 0.25) is 0 Å². The fourth-order valence-corrected chi connectivity index (χ4v) is 7.74. The number of para-hydroxylation sites is 2. The maximum atomic E-state index is 4.90. The van der Waals surface area contributed by atoms with Gasteiger partial charge in [-0.2, -0.15) is 0 Å². The first-order valence-electron chi connectivity index (χ1n) is 16.8. The van der Waals surface area contributed by atoms with Crippen LogP contribution in [0.25, 0.3) is 22.5 Å². The smallest absolute Gasteiger partial charge is 0.353 e. The van der Waals surface area contributed by atoms with Crippen molar-refractivity contribution in [2.45, 2.75) is 27.7 Å². The monoisotopic (exact) mass is 823 g/mol. The molecule has 0 radical (unpaired) electrons. The number of pyridine rings is 2. The summed E-state index contributed by atoms with van der Waals surface area (Å²) in [6.07, 6.45) is 3.90. The van der Waals surface area contributed by atoms with Crippen molar-refractivity contribution < 1.29 is 21.1 Å². The van der Waals surface area contributed by atoms with Gasteiger partial charge in [-0.3, -0.25) is 0 Å². The van der Waals surface area contributed by atoms with Crippen LogP contribution in [0.3, 0.4) is 0 Å². The second kappa shape index (κ2) is 12.6. The Morgan fingerprint density at radius 3 is 1.36 bits per heavy atom. The quantitative estimate of drug-likeness (QED) is 0.131. The zero-order chi connectivity index (χ0) is 33.2. The Bertz CT molecular complexity index is 2250. The van der Waals surface area contributed by atoms with Gasteiger partial charge in [0.2, 0.25) is 6.71 Å². The molecule has 2 aromatic heterocycles. The number of nitrogens with zero attached hydrogens (tertiary/aromatic N) is 4. The zero-order valence-corrected chi connectivity index (χ0v) is 30.6. The third-order valence-electron chi connectivity index (χ3n) is 9.77. The first kappa shape index (κ1) is 32.0. The van der Waals surface area contributed by atoms with E-state index < -0.39 is 0 Å². The van der Waals surface area contributed by atoms with Gasteiger partial charge < -0.3 is 19.8 Å². The molecule has 2 aliphatic rings. The Labute approximate surface area is 308 Å². The molecule has 0 saturated carbocycles. The molecule has 0 aliphatic carbocycles. The van der Waals surface area contributed by atoms with Crippen molar-refractivity contribution in [2.24, 2.45) is 0 Å². The summed E-state index contributed by atoms with van der Waals surface area (Å²) in [4.78, 5) is 14.6. The Hall–Kier alpha value is -5.25. The van der Waals surface area contributed by atoms with Crippen molar-refractivity contribution >= 4 is 57.2 Å². The number of hydrogen-bond donors (Lipinski definition) is 0. The van der Waals surface area contributed by atoms with E-state index in [2.05, 4.69) is 165 Å². The van der Waals surface area contributed by atoms with Gasteiger partial charge in [-0.25, -0.2) is 0 Å². The zero-order valence-electron chi connectivity index (χ0n) is 28.3. The van der Waals surface area contributed by atoms with Crippen LogP contribution in [-0.2, 0) is 21.1 Å². The van der Waals surface area contributed by atoms with Gasteiger partial charge >= 0.3 is 21.1 Å². The molecule has 0 spiro atoms. The molecule has 242 valence electrons. The molecule has 0 unspecified atom stereocenters. The average Bonchev–Trinajstić information content (AvgIpc) is 3.12. The molecule has 0 bridgehead atoms. The van der Waals surface area contributed by atoms with E-state index in [0.29, 0.717) is 0 Å². The summed E-state index contributed by atoms with van der Waals surface area (Å²) in [5.74, 6) is 0. The van der Waals surface area contributed by atoms with E-state index in [1.54, 1.807) is 0 Å². The molecule has 4 nitrogen and oxygen atoms in total. The first-order chi connectivity index (χ1) is 24.0. The van der Waals surface area contributed by atoms with E-state index in [-0.39, 0.29) is 27.8 Å². The molecule has 7 aromatic rings. The maximum Gasteiger partial charge on any atom is 2.00 e. The molecular formula is C44H33BN4Pt. The van der Waals surface area contributed by atoms with Gasteiger partial charge in [0.05, 0.1) is 0 Å². The summed E-state index contributed by atoms with van der Waals surface area (Å²) in [5, 5.41) is 0. The third kappa shape index (κ3) is 5.11. The summed E-state index contributed by atoms with van der Waals surface area (Å²) < 4.78 is 0. The molecule has 0 saturated heterocycles.